The van der Waals surface area contributed by atoms with E-state index in [9.17, 15) is 0 Å². The van der Waals surface area contributed by atoms with Gasteiger partial charge in [-0.3, -0.25) is 4.90 Å². The fraction of sp³-hybridized carbons (Fsp3) is 0.533. The highest BCUT2D eigenvalue weighted by molar-refractivity contribution is 5.15. The standard InChI is InChI=1S/C15H20N2/c1-15(2)10-14(11-16)8-9-17(15)12-13-6-4-3-5-7-13/h3-7,14H,8-10,12H2,1-2H3. The zero-order chi connectivity index (χ0) is 12.3. The van der Waals surface area contributed by atoms with Crippen molar-refractivity contribution in [2.45, 2.75) is 38.8 Å². The molecule has 1 saturated heterocycles. The van der Waals surface area contributed by atoms with Gasteiger partial charge in [-0.25, -0.2) is 0 Å². The lowest BCUT2D eigenvalue weighted by Gasteiger charge is -2.44. The summed E-state index contributed by atoms with van der Waals surface area (Å²) >= 11 is 0. The van der Waals surface area contributed by atoms with Crippen LogP contribution in [-0.2, 0) is 6.54 Å². The Balaban J connectivity index is 2.05. The molecule has 0 aromatic heterocycles. The van der Waals surface area contributed by atoms with Crippen LogP contribution in [0.15, 0.2) is 30.3 Å². The molecule has 2 nitrogen and oxygen atoms in total. The van der Waals surface area contributed by atoms with Crippen molar-refractivity contribution in [3.63, 3.8) is 0 Å². The summed E-state index contributed by atoms with van der Waals surface area (Å²) in [5.41, 5.74) is 1.49. The molecule has 2 heteroatoms. The van der Waals surface area contributed by atoms with E-state index in [2.05, 4.69) is 55.1 Å². The molecule has 1 fully saturated rings. The molecule has 90 valence electrons. The van der Waals surface area contributed by atoms with Gasteiger partial charge in [0, 0.05) is 24.5 Å². The lowest BCUT2D eigenvalue weighted by Crippen LogP contribution is -2.49. The predicted octanol–water partition coefficient (Wildman–Crippen LogP) is 3.20. The van der Waals surface area contributed by atoms with E-state index in [4.69, 9.17) is 5.26 Å². The highest BCUT2D eigenvalue weighted by Gasteiger charge is 2.34. The van der Waals surface area contributed by atoms with Crippen LogP contribution in [0.5, 0.6) is 0 Å². The molecular weight excluding hydrogens is 208 g/mol. The molecule has 0 amide bonds. The van der Waals surface area contributed by atoms with Crippen LogP contribution < -0.4 is 0 Å². The molecule has 0 radical (unpaired) electrons. The lowest BCUT2D eigenvalue weighted by atomic mass is 9.83. The van der Waals surface area contributed by atoms with Gasteiger partial charge in [0.2, 0.25) is 0 Å². The molecule has 1 heterocycles. The van der Waals surface area contributed by atoms with Crippen molar-refractivity contribution in [2.24, 2.45) is 5.92 Å². The average molecular weight is 228 g/mol. The Labute approximate surface area is 104 Å². The Bertz CT molecular complexity index is 403. The summed E-state index contributed by atoms with van der Waals surface area (Å²) in [6, 6.07) is 13.0. The van der Waals surface area contributed by atoms with Gasteiger partial charge in [-0.05, 0) is 32.3 Å². The van der Waals surface area contributed by atoms with E-state index >= 15 is 0 Å². The minimum absolute atomic E-state index is 0.133. The first-order chi connectivity index (χ1) is 8.12. The van der Waals surface area contributed by atoms with Crippen LogP contribution in [0, 0.1) is 17.2 Å². The van der Waals surface area contributed by atoms with Gasteiger partial charge >= 0.3 is 0 Å². The first-order valence-corrected chi connectivity index (χ1v) is 6.30. The maximum atomic E-state index is 9.03. The van der Waals surface area contributed by atoms with Gasteiger partial charge in [-0.1, -0.05) is 30.3 Å². The van der Waals surface area contributed by atoms with Crippen molar-refractivity contribution in [1.29, 1.82) is 5.26 Å². The number of rotatable bonds is 2. The van der Waals surface area contributed by atoms with Gasteiger partial charge in [-0.2, -0.15) is 5.26 Å². The molecule has 0 spiro atoms. The van der Waals surface area contributed by atoms with E-state index in [0.29, 0.717) is 0 Å². The van der Waals surface area contributed by atoms with Crippen molar-refractivity contribution in [3.05, 3.63) is 35.9 Å². The molecule has 1 aliphatic rings. The Hall–Kier alpha value is -1.33. The van der Waals surface area contributed by atoms with Crippen molar-refractivity contribution in [1.82, 2.24) is 4.90 Å². The van der Waals surface area contributed by atoms with Crippen LogP contribution in [0.2, 0.25) is 0 Å². The lowest BCUT2D eigenvalue weighted by molar-refractivity contribution is 0.0528. The number of hydrogen-bond donors (Lipinski definition) is 0. The molecule has 1 unspecified atom stereocenters. The monoisotopic (exact) mass is 228 g/mol. The second-order valence-corrected chi connectivity index (χ2v) is 5.54. The minimum atomic E-state index is 0.133. The first-order valence-electron chi connectivity index (χ1n) is 6.30. The van der Waals surface area contributed by atoms with Crippen LogP contribution in [0.25, 0.3) is 0 Å². The van der Waals surface area contributed by atoms with Gasteiger partial charge < -0.3 is 0 Å². The van der Waals surface area contributed by atoms with E-state index in [-0.39, 0.29) is 11.5 Å². The highest BCUT2D eigenvalue weighted by atomic mass is 15.2. The summed E-state index contributed by atoms with van der Waals surface area (Å²) in [5, 5.41) is 9.03. The summed E-state index contributed by atoms with van der Waals surface area (Å²) in [6.07, 6.45) is 1.99. The van der Waals surface area contributed by atoms with Gasteiger partial charge in [0.15, 0.2) is 0 Å². The molecule has 0 saturated carbocycles. The number of benzene rings is 1. The third kappa shape index (κ3) is 2.87. The summed E-state index contributed by atoms with van der Waals surface area (Å²) in [4.78, 5) is 2.50. The molecule has 2 rings (SSSR count). The normalized spacial score (nSPS) is 24.2. The third-order valence-electron chi connectivity index (χ3n) is 3.75. The highest BCUT2D eigenvalue weighted by Crippen LogP contribution is 2.32. The summed E-state index contributed by atoms with van der Waals surface area (Å²) < 4.78 is 0. The van der Waals surface area contributed by atoms with E-state index in [1.165, 1.54) is 5.56 Å². The maximum Gasteiger partial charge on any atom is 0.0657 e. The quantitative estimate of drug-likeness (QED) is 0.777. The fourth-order valence-electron chi connectivity index (χ4n) is 2.66. The number of nitrogens with zero attached hydrogens (tertiary/aromatic N) is 2. The van der Waals surface area contributed by atoms with Crippen LogP contribution in [-0.4, -0.2) is 17.0 Å². The fourth-order valence-corrected chi connectivity index (χ4v) is 2.66. The Kier molecular flexibility index (Phi) is 3.49. The molecule has 17 heavy (non-hydrogen) atoms. The molecule has 0 aliphatic carbocycles. The molecule has 0 bridgehead atoms. The molecule has 1 aliphatic heterocycles. The minimum Gasteiger partial charge on any atom is -0.294 e. The van der Waals surface area contributed by atoms with Crippen molar-refractivity contribution >= 4 is 0 Å². The average Bonchev–Trinajstić information content (AvgIpc) is 2.33. The van der Waals surface area contributed by atoms with Gasteiger partial charge in [0.25, 0.3) is 0 Å². The van der Waals surface area contributed by atoms with Crippen LogP contribution in [0.4, 0.5) is 0 Å². The molecule has 0 N–H and O–H groups in total. The molecule has 1 atom stereocenters. The first kappa shape index (κ1) is 12.1. The zero-order valence-electron chi connectivity index (χ0n) is 10.7. The van der Waals surface area contributed by atoms with Crippen LogP contribution in [0.1, 0.15) is 32.3 Å². The number of likely N-dealkylation sites (tertiary alicyclic amines) is 1. The van der Waals surface area contributed by atoms with Crippen molar-refractivity contribution in [3.8, 4) is 6.07 Å². The number of piperidine rings is 1. The van der Waals surface area contributed by atoms with Crippen LogP contribution >= 0.6 is 0 Å². The number of hydrogen-bond acceptors (Lipinski definition) is 2. The van der Waals surface area contributed by atoms with Gasteiger partial charge in [0.1, 0.15) is 0 Å². The predicted molar refractivity (Wildman–Crippen MR) is 69.3 cm³/mol. The van der Waals surface area contributed by atoms with Crippen molar-refractivity contribution in [2.75, 3.05) is 6.54 Å². The van der Waals surface area contributed by atoms with E-state index in [1.54, 1.807) is 0 Å². The molecular formula is C15H20N2. The van der Waals surface area contributed by atoms with Gasteiger partial charge in [0.05, 0.1) is 6.07 Å². The van der Waals surface area contributed by atoms with E-state index in [1.807, 2.05) is 0 Å². The second kappa shape index (κ2) is 4.89. The van der Waals surface area contributed by atoms with E-state index < -0.39 is 0 Å². The molecule has 1 aromatic carbocycles. The Morgan fingerprint density at radius 3 is 2.65 bits per heavy atom. The van der Waals surface area contributed by atoms with Gasteiger partial charge in [-0.15, -0.1) is 0 Å². The van der Waals surface area contributed by atoms with E-state index in [0.717, 1.165) is 25.9 Å². The topological polar surface area (TPSA) is 27.0 Å². The summed E-state index contributed by atoms with van der Waals surface area (Å²) in [6.45, 7) is 6.52. The third-order valence-corrected chi connectivity index (χ3v) is 3.75. The SMILES string of the molecule is CC1(C)CC(C#N)CCN1Cc1ccccc1. The summed E-state index contributed by atoms with van der Waals surface area (Å²) in [7, 11) is 0. The Morgan fingerprint density at radius 1 is 1.35 bits per heavy atom. The maximum absolute atomic E-state index is 9.03. The van der Waals surface area contributed by atoms with Crippen molar-refractivity contribution < 1.29 is 0 Å². The number of nitriles is 1. The molecule has 1 aromatic rings. The second-order valence-electron chi connectivity index (χ2n) is 5.54. The smallest absolute Gasteiger partial charge is 0.0657 e. The summed E-state index contributed by atoms with van der Waals surface area (Å²) in [5.74, 6) is 0.233. The zero-order valence-corrected chi connectivity index (χ0v) is 10.7. The van der Waals surface area contributed by atoms with Crippen LogP contribution in [0.3, 0.4) is 0 Å². The Morgan fingerprint density at radius 2 is 2.06 bits per heavy atom. The largest absolute Gasteiger partial charge is 0.294 e.